The fourth-order valence-corrected chi connectivity index (χ4v) is 2.83. The molecule has 1 fully saturated rings. The molecule has 0 aliphatic heterocycles. The summed E-state index contributed by atoms with van der Waals surface area (Å²) >= 11 is 0. The summed E-state index contributed by atoms with van der Waals surface area (Å²) in [5, 5.41) is 3.45. The predicted molar refractivity (Wildman–Crippen MR) is 91.8 cm³/mol. The minimum atomic E-state index is 0. The average Bonchev–Trinajstić information content (AvgIpc) is 2.50. The number of nitrogens with two attached hydrogens (primary N) is 1. The second kappa shape index (κ2) is 7.61. The largest absolute Gasteiger partial charge is 0.475 e. The number of rotatable bonds is 4. The zero-order valence-corrected chi connectivity index (χ0v) is 13.6. The van der Waals surface area contributed by atoms with Crippen LogP contribution in [0, 0.1) is 0 Å². The van der Waals surface area contributed by atoms with Gasteiger partial charge in [0.2, 0.25) is 0 Å². The molecule has 1 saturated carbocycles. The van der Waals surface area contributed by atoms with Crippen molar-refractivity contribution in [3.8, 4) is 5.88 Å². The lowest BCUT2D eigenvalue weighted by atomic mass is 9.91. The van der Waals surface area contributed by atoms with E-state index in [1.54, 1.807) is 0 Å². The first-order chi connectivity index (χ1) is 10.3. The molecule has 0 radical (unpaired) electrons. The molecule has 0 amide bonds. The molecule has 2 atom stereocenters. The quantitative estimate of drug-likeness (QED) is 0.904. The number of hydrogen-bond acceptors (Lipinski definition) is 5. The highest BCUT2D eigenvalue weighted by atomic mass is 35.5. The van der Waals surface area contributed by atoms with E-state index >= 15 is 0 Å². The Hall–Kier alpha value is -1.59. The first-order valence-corrected chi connectivity index (χ1v) is 7.69. The molecule has 5 nitrogen and oxygen atoms in total. The monoisotopic (exact) mass is 322 g/mol. The Labute approximate surface area is 137 Å². The summed E-state index contributed by atoms with van der Waals surface area (Å²) < 4.78 is 5.64. The van der Waals surface area contributed by atoms with Crippen LogP contribution < -0.4 is 15.8 Å². The Kier molecular flexibility index (Phi) is 5.80. The fraction of sp³-hybridized carbons (Fsp3) is 0.500. The first-order valence-electron chi connectivity index (χ1n) is 7.69. The SMILES string of the molecule is CCOc1nc2ccccc2nc1NC1CCCCC1N.Cl. The molecule has 0 spiro atoms. The summed E-state index contributed by atoms with van der Waals surface area (Å²) in [6.45, 7) is 2.52. The predicted octanol–water partition coefficient (Wildman–Crippen LogP) is 3.13. The lowest BCUT2D eigenvalue weighted by Gasteiger charge is -2.30. The molecule has 1 aliphatic carbocycles. The van der Waals surface area contributed by atoms with Crippen LogP contribution in [0.2, 0.25) is 0 Å². The van der Waals surface area contributed by atoms with Crippen LogP contribution in [-0.2, 0) is 0 Å². The zero-order valence-electron chi connectivity index (χ0n) is 12.8. The molecule has 0 bridgehead atoms. The molecule has 2 unspecified atom stereocenters. The first kappa shape index (κ1) is 16.8. The Bertz CT molecular complexity index is 622. The van der Waals surface area contributed by atoms with Gasteiger partial charge in [-0.15, -0.1) is 12.4 Å². The highest BCUT2D eigenvalue weighted by Gasteiger charge is 2.23. The third-order valence-electron chi connectivity index (χ3n) is 3.96. The van der Waals surface area contributed by atoms with Gasteiger partial charge in [-0.25, -0.2) is 9.97 Å². The maximum Gasteiger partial charge on any atom is 0.258 e. The number of fused-ring (bicyclic) bond motifs is 1. The molecule has 2 aromatic rings. The van der Waals surface area contributed by atoms with Crippen molar-refractivity contribution >= 4 is 29.3 Å². The van der Waals surface area contributed by atoms with Gasteiger partial charge < -0.3 is 15.8 Å². The van der Waals surface area contributed by atoms with E-state index < -0.39 is 0 Å². The standard InChI is InChI=1S/C16H22N4O.ClH/c1-2-21-16-15(18-12-8-4-3-7-11(12)17)19-13-9-5-6-10-14(13)20-16;/h5-6,9-12H,2-4,7-8,17H2,1H3,(H,18,19);1H. The van der Waals surface area contributed by atoms with Gasteiger partial charge in [-0.05, 0) is 31.9 Å². The average molecular weight is 323 g/mol. The van der Waals surface area contributed by atoms with Gasteiger partial charge in [0.05, 0.1) is 17.6 Å². The summed E-state index contributed by atoms with van der Waals surface area (Å²) in [6, 6.07) is 8.24. The third-order valence-corrected chi connectivity index (χ3v) is 3.96. The van der Waals surface area contributed by atoms with Crippen LogP contribution in [0.4, 0.5) is 5.82 Å². The number of anilines is 1. The van der Waals surface area contributed by atoms with Gasteiger partial charge in [0.15, 0.2) is 5.82 Å². The smallest absolute Gasteiger partial charge is 0.258 e. The molecule has 3 rings (SSSR count). The van der Waals surface area contributed by atoms with E-state index in [0.717, 1.165) is 23.9 Å². The molecular weight excluding hydrogens is 300 g/mol. The molecule has 3 N–H and O–H groups in total. The van der Waals surface area contributed by atoms with Crippen LogP contribution in [0.15, 0.2) is 24.3 Å². The van der Waals surface area contributed by atoms with Gasteiger partial charge >= 0.3 is 0 Å². The highest BCUT2D eigenvalue weighted by molar-refractivity contribution is 5.85. The minimum Gasteiger partial charge on any atom is -0.475 e. The van der Waals surface area contributed by atoms with E-state index in [2.05, 4.69) is 15.3 Å². The Morgan fingerprint density at radius 3 is 2.55 bits per heavy atom. The van der Waals surface area contributed by atoms with E-state index in [9.17, 15) is 0 Å². The molecular formula is C16H23ClN4O. The third kappa shape index (κ3) is 3.59. The normalized spacial score (nSPS) is 21.2. The van der Waals surface area contributed by atoms with Crippen LogP contribution in [0.1, 0.15) is 32.6 Å². The van der Waals surface area contributed by atoms with Crippen molar-refractivity contribution in [3.05, 3.63) is 24.3 Å². The number of benzene rings is 1. The number of nitrogens with one attached hydrogen (secondary N) is 1. The Morgan fingerprint density at radius 1 is 1.18 bits per heavy atom. The van der Waals surface area contributed by atoms with E-state index in [1.165, 1.54) is 12.8 Å². The number of aromatic nitrogens is 2. The molecule has 0 saturated heterocycles. The molecule has 22 heavy (non-hydrogen) atoms. The summed E-state index contributed by atoms with van der Waals surface area (Å²) in [5.41, 5.74) is 7.93. The van der Waals surface area contributed by atoms with Gasteiger partial charge in [0, 0.05) is 12.1 Å². The van der Waals surface area contributed by atoms with Crippen LogP contribution in [0.5, 0.6) is 5.88 Å². The van der Waals surface area contributed by atoms with Crippen LogP contribution >= 0.6 is 12.4 Å². The summed E-state index contributed by atoms with van der Waals surface area (Å²) in [5.74, 6) is 1.27. The van der Waals surface area contributed by atoms with Crippen molar-refractivity contribution in [2.45, 2.75) is 44.7 Å². The Balaban J connectivity index is 0.00000176. The topological polar surface area (TPSA) is 73.1 Å². The van der Waals surface area contributed by atoms with Crippen LogP contribution in [0.3, 0.4) is 0 Å². The van der Waals surface area contributed by atoms with Gasteiger partial charge in [-0.1, -0.05) is 25.0 Å². The van der Waals surface area contributed by atoms with Crippen molar-refractivity contribution < 1.29 is 4.74 Å². The van der Waals surface area contributed by atoms with Gasteiger partial charge in [0.1, 0.15) is 0 Å². The molecule has 1 heterocycles. The summed E-state index contributed by atoms with van der Waals surface area (Å²) in [4.78, 5) is 9.24. The van der Waals surface area contributed by atoms with E-state index in [-0.39, 0.29) is 24.5 Å². The Morgan fingerprint density at radius 2 is 1.86 bits per heavy atom. The lowest BCUT2D eigenvalue weighted by molar-refractivity contribution is 0.326. The fourth-order valence-electron chi connectivity index (χ4n) is 2.83. The molecule has 120 valence electrons. The zero-order chi connectivity index (χ0) is 14.7. The molecule has 1 aromatic heterocycles. The number of ether oxygens (including phenoxy) is 1. The highest BCUT2D eigenvalue weighted by Crippen LogP contribution is 2.27. The van der Waals surface area contributed by atoms with Crippen molar-refractivity contribution in [2.24, 2.45) is 5.73 Å². The van der Waals surface area contributed by atoms with Crippen molar-refractivity contribution in [1.82, 2.24) is 9.97 Å². The number of nitrogens with zero attached hydrogens (tertiary/aromatic N) is 2. The lowest BCUT2D eigenvalue weighted by Crippen LogP contribution is -2.42. The van der Waals surface area contributed by atoms with Gasteiger partial charge in [-0.2, -0.15) is 0 Å². The maximum atomic E-state index is 6.21. The van der Waals surface area contributed by atoms with Gasteiger partial charge in [0.25, 0.3) is 5.88 Å². The molecule has 6 heteroatoms. The second-order valence-corrected chi connectivity index (χ2v) is 5.50. The van der Waals surface area contributed by atoms with Crippen molar-refractivity contribution in [2.75, 3.05) is 11.9 Å². The maximum absolute atomic E-state index is 6.21. The second-order valence-electron chi connectivity index (χ2n) is 5.50. The van der Waals surface area contributed by atoms with Crippen LogP contribution in [0.25, 0.3) is 11.0 Å². The molecule has 1 aliphatic rings. The molecule has 1 aromatic carbocycles. The van der Waals surface area contributed by atoms with E-state index in [1.807, 2.05) is 31.2 Å². The van der Waals surface area contributed by atoms with Crippen molar-refractivity contribution in [3.63, 3.8) is 0 Å². The van der Waals surface area contributed by atoms with Gasteiger partial charge in [-0.3, -0.25) is 0 Å². The number of halogens is 1. The summed E-state index contributed by atoms with van der Waals surface area (Å²) in [6.07, 6.45) is 4.54. The number of para-hydroxylation sites is 2. The van der Waals surface area contributed by atoms with E-state index in [0.29, 0.717) is 18.3 Å². The number of hydrogen-bond donors (Lipinski definition) is 2. The minimum absolute atomic E-state index is 0. The van der Waals surface area contributed by atoms with Crippen molar-refractivity contribution in [1.29, 1.82) is 0 Å². The summed E-state index contributed by atoms with van der Waals surface area (Å²) in [7, 11) is 0. The van der Waals surface area contributed by atoms with E-state index in [4.69, 9.17) is 10.5 Å². The van der Waals surface area contributed by atoms with Crippen LogP contribution in [-0.4, -0.2) is 28.7 Å².